The van der Waals surface area contributed by atoms with Crippen LogP contribution in [-0.4, -0.2) is 26.0 Å². The molecule has 0 aliphatic carbocycles. The minimum absolute atomic E-state index is 0.305. The SMILES string of the molecule is CCCCCCCCC=CCCCCCCCC(=O)OC(=O)c1ccc(N(C)C)cc1. The molecule has 0 saturated heterocycles. The van der Waals surface area contributed by atoms with Crippen molar-refractivity contribution in [2.24, 2.45) is 0 Å². The van der Waals surface area contributed by atoms with Gasteiger partial charge in [-0.3, -0.25) is 4.79 Å². The summed E-state index contributed by atoms with van der Waals surface area (Å²) < 4.78 is 4.96. The number of nitrogens with zero attached hydrogens (tertiary/aromatic N) is 1. The van der Waals surface area contributed by atoms with Crippen molar-refractivity contribution in [2.45, 2.75) is 96.8 Å². The zero-order chi connectivity index (χ0) is 22.7. The van der Waals surface area contributed by atoms with E-state index in [1.807, 2.05) is 31.1 Å². The van der Waals surface area contributed by atoms with Crippen LogP contribution in [0.4, 0.5) is 5.69 Å². The van der Waals surface area contributed by atoms with Gasteiger partial charge in [-0.15, -0.1) is 0 Å². The molecule has 0 aliphatic rings. The third-order valence-corrected chi connectivity index (χ3v) is 5.47. The van der Waals surface area contributed by atoms with E-state index in [0.29, 0.717) is 12.0 Å². The third kappa shape index (κ3) is 13.7. The Kier molecular flexibility index (Phi) is 15.3. The molecule has 0 atom stereocenters. The molecular weight excluding hydrogens is 386 g/mol. The molecule has 0 saturated carbocycles. The molecule has 0 heterocycles. The number of ether oxygens (including phenoxy) is 1. The molecule has 0 amide bonds. The summed E-state index contributed by atoms with van der Waals surface area (Å²) in [4.78, 5) is 25.9. The predicted octanol–water partition coefficient (Wildman–Crippen LogP) is 7.47. The van der Waals surface area contributed by atoms with Gasteiger partial charge in [0.15, 0.2) is 0 Å². The number of anilines is 1. The minimum atomic E-state index is -0.567. The van der Waals surface area contributed by atoms with Crippen molar-refractivity contribution >= 4 is 17.6 Å². The topological polar surface area (TPSA) is 46.6 Å². The molecule has 1 rings (SSSR count). The van der Waals surface area contributed by atoms with Gasteiger partial charge in [-0.1, -0.05) is 70.4 Å². The summed E-state index contributed by atoms with van der Waals surface area (Å²) in [6.45, 7) is 2.26. The fraction of sp³-hybridized carbons (Fsp3) is 0.630. The molecule has 4 heteroatoms. The molecule has 0 N–H and O–H groups in total. The lowest BCUT2D eigenvalue weighted by Crippen LogP contribution is -2.13. The van der Waals surface area contributed by atoms with Gasteiger partial charge in [0.1, 0.15) is 0 Å². The summed E-state index contributed by atoms with van der Waals surface area (Å²) in [6, 6.07) is 7.05. The molecule has 0 bridgehead atoms. The number of carbonyl (C=O) groups excluding carboxylic acids is 2. The van der Waals surface area contributed by atoms with E-state index in [-0.39, 0.29) is 0 Å². The molecule has 1 aromatic rings. The van der Waals surface area contributed by atoms with Crippen LogP contribution >= 0.6 is 0 Å². The Morgan fingerprint density at radius 1 is 0.774 bits per heavy atom. The van der Waals surface area contributed by atoms with Gasteiger partial charge in [0.2, 0.25) is 0 Å². The lowest BCUT2D eigenvalue weighted by molar-refractivity contribution is -0.138. The Bertz CT molecular complexity index is 634. The van der Waals surface area contributed by atoms with E-state index in [1.165, 1.54) is 57.8 Å². The van der Waals surface area contributed by atoms with Crippen LogP contribution in [0.1, 0.15) is 107 Å². The highest BCUT2D eigenvalue weighted by Gasteiger charge is 2.12. The monoisotopic (exact) mass is 429 g/mol. The van der Waals surface area contributed by atoms with Crippen molar-refractivity contribution in [2.75, 3.05) is 19.0 Å². The summed E-state index contributed by atoms with van der Waals surface area (Å²) in [6.07, 6.45) is 20.8. The van der Waals surface area contributed by atoms with E-state index in [0.717, 1.165) is 31.4 Å². The van der Waals surface area contributed by atoms with Crippen LogP contribution in [0.5, 0.6) is 0 Å². The zero-order valence-electron chi connectivity index (χ0n) is 20.0. The second kappa shape index (κ2) is 17.6. The number of allylic oxidation sites excluding steroid dienone is 2. The molecule has 0 spiro atoms. The normalized spacial score (nSPS) is 11.1. The number of benzene rings is 1. The summed E-state index contributed by atoms with van der Waals surface area (Å²) in [7, 11) is 3.87. The average Bonchev–Trinajstić information content (AvgIpc) is 2.76. The van der Waals surface area contributed by atoms with Gasteiger partial charge in [0, 0.05) is 26.2 Å². The number of hydrogen-bond acceptors (Lipinski definition) is 4. The molecule has 0 fully saturated rings. The maximum Gasteiger partial charge on any atom is 0.345 e. The molecule has 0 unspecified atom stereocenters. The van der Waals surface area contributed by atoms with Crippen LogP contribution in [0, 0.1) is 0 Å². The molecule has 4 nitrogen and oxygen atoms in total. The van der Waals surface area contributed by atoms with E-state index < -0.39 is 11.9 Å². The predicted molar refractivity (Wildman–Crippen MR) is 131 cm³/mol. The Labute approximate surface area is 190 Å². The second-order valence-corrected chi connectivity index (χ2v) is 8.54. The van der Waals surface area contributed by atoms with Crippen molar-refractivity contribution in [1.82, 2.24) is 0 Å². The largest absolute Gasteiger partial charge is 0.389 e. The smallest absolute Gasteiger partial charge is 0.345 e. The van der Waals surface area contributed by atoms with E-state index in [9.17, 15) is 9.59 Å². The van der Waals surface area contributed by atoms with Crippen LogP contribution in [0.25, 0.3) is 0 Å². The highest BCUT2D eigenvalue weighted by Crippen LogP contribution is 2.14. The minimum Gasteiger partial charge on any atom is -0.389 e. The number of hydrogen-bond donors (Lipinski definition) is 0. The first-order valence-electron chi connectivity index (χ1n) is 12.2. The van der Waals surface area contributed by atoms with E-state index in [1.54, 1.807) is 12.1 Å². The van der Waals surface area contributed by atoms with Crippen LogP contribution in [0.15, 0.2) is 36.4 Å². The van der Waals surface area contributed by atoms with Gasteiger partial charge in [-0.25, -0.2) is 4.79 Å². The van der Waals surface area contributed by atoms with Gasteiger partial charge >= 0.3 is 11.9 Å². The molecule has 0 aromatic heterocycles. The lowest BCUT2D eigenvalue weighted by atomic mass is 10.1. The van der Waals surface area contributed by atoms with Crippen LogP contribution < -0.4 is 4.90 Å². The number of carbonyl (C=O) groups is 2. The summed E-state index contributed by atoms with van der Waals surface area (Å²) in [5.41, 5.74) is 1.40. The maximum atomic E-state index is 12.0. The fourth-order valence-electron chi connectivity index (χ4n) is 3.45. The second-order valence-electron chi connectivity index (χ2n) is 8.54. The molecule has 174 valence electrons. The highest BCUT2D eigenvalue weighted by atomic mass is 16.6. The molecule has 31 heavy (non-hydrogen) atoms. The Balaban J connectivity index is 1.98. The van der Waals surface area contributed by atoms with Crippen LogP contribution in [0.2, 0.25) is 0 Å². The fourth-order valence-corrected chi connectivity index (χ4v) is 3.45. The van der Waals surface area contributed by atoms with Crippen molar-refractivity contribution in [1.29, 1.82) is 0 Å². The van der Waals surface area contributed by atoms with Crippen molar-refractivity contribution in [3.05, 3.63) is 42.0 Å². The maximum absolute atomic E-state index is 12.0. The first-order chi connectivity index (χ1) is 15.0. The molecular formula is C27H43NO3. The van der Waals surface area contributed by atoms with Gasteiger partial charge in [0.25, 0.3) is 0 Å². The van der Waals surface area contributed by atoms with Gasteiger partial charge < -0.3 is 9.64 Å². The molecule has 1 aromatic carbocycles. The van der Waals surface area contributed by atoms with Crippen molar-refractivity contribution in [3.63, 3.8) is 0 Å². The first kappa shape index (κ1) is 26.9. The molecule has 0 aliphatic heterocycles. The molecule has 0 radical (unpaired) electrons. The van der Waals surface area contributed by atoms with Crippen molar-refractivity contribution in [3.8, 4) is 0 Å². The quantitative estimate of drug-likeness (QED) is 0.111. The standard InChI is InChI=1S/C27H43NO3/c1-4-5-6-7-8-9-10-11-12-13-14-15-16-17-18-19-26(29)31-27(30)24-20-22-25(23-21-24)28(2)3/h11-12,20-23H,4-10,13-19H2,1-3H3. The number of esters is 2. The Morgan fingerprint density at radius 2 is 1.29 bits per heavy atom. The number of unbranched alkanes of at least 4 members (excludes halogenated alkanes) is 11. The van der Waals surface area contributed by atoms with E-state index in [4.69, 9.17) is 4.74 Å². The van der Waals surface area contributed by atoms with Gasteiger partial charge in [-0.2, -0.15) is 0 Å². The average molecular weight is 430 g/mol. The van der Waals surface area contributed by atoms with Crippen LogP contribution in [-0.2, 0) is 9.53 Å². The van der Waals surface area contributed by atoms with Crippen LogP contribution in [0.3, 0.4) is 0 Å². The Hall–Kier alpha value is -2.10. The third-order valence-electron chi connectivity index (χ3n) is 5.47. The van der Waals surface area contributed by atoms with E-state index >= 15 is 0 Å². The first-order valence-corrected chi connectivity index (χ1v) is 12.2. The highest BCUT2D eigenvalue weighted by molar-refractivity contribution is 5.97. The van der Waals surface area contributed by atoms with Gasteiger partial charge in [0.05, 0.1) is 5.56 Å². The van der Waals surface area contributed by atoms with Gasteiger partial charge in [-0.05, 0) is 56.4 Å². The van der Waals surface area contributed by atoms with Crippen molar-refractivity contribution < 1.29 is 14.3 Å². The lowest BCUT2D eigenvalue weighted by Gasteiger charge is -2.12. The summed E-state index contributed by atoms with van der Waals surface area (Å²) in [5.74, 6) is -0.998. The summed E-state index contributed by atoms with van der Waals surface area (Å²) >= 11 is 0. The zero-order valence-corrected chi connectivity index (χ0v) is 20.0. The number of rotatable bonds is 17. The van der Waals surface area contributed by atoms with E-state index in [2.05, 4.69) is 19.1 Å². The summed E-state index contributed by atoms with van der Waals surface area (Å²) in [5, 5.41) is 0. The Morgan fingerprint density at radius 3 is 1.84 bits per heavy atom.